The maximum Gasteiger partial charge on any atom is 1.00 e. The van der Waals surface area contributed by atoms with E-state index in [1.165, 1.54) is 13.5 Å². The summed E-state index contributed by atoms with van der Waals surface area (Å²) in [5, 5.41) is 6.90. The fraction of sp³-hybridized carbons (Fsp3) is 0.419. The van der Waals surface area contributed by atoms with Gasteiger partial charge in [0.15, 0.2) is 0 Å². The third-order valence-corrected chi connectivity index (χ3v) is 9.97. The average Bonchev–Trinajstić information content (AvgIpc) is 3.89. The van der Waals surface area contributed by atoms with Crippen molar-refractivity contribution in [1.29, 1.82) is 0 Å². The molecule has 0 atom stereocenters. The van der Waals surface area contributed by atoms with Gasteiger partial charge in [0.25, 0.3) is 0 Å². The van der Waals surface area contributed by atoms with E-state index in [4.69, 9.17) is 28.8 Å². The van der Waals surface area contributed by atoms with Crippen molar-refractivity contribution >= 4 is 96.1 Å². The number of nitrogens with zero attached hydrogens (tertiary/aromatic N) is 2. The Morgan fingerprint density at radius 1 is 0.714 bits per heavy atom. The molecule has 13 nitrogen and oxygen atoms in total. The zero-order valence-corrected chi connectivity index (χ0v) is 33.5. The molecule has 18 heteroatoms. The summed E-state index contributed by atoms with van der Waals surface area (Å²) in [4.78, 5) is 88.1. The van der Waals surface area contributed by atoms with Gasteiger partial charge in [-0.05, 0) is 89.8 Å². The van der Waals surface area contributed by atoms with Crippen LogP contribution in [0.3, 0.4) is 0 Å². The van der Waals surface area contributed by atoms with Crippen LogP contribution in [0.1, 0.15) is 62.1 Å². The topological polar surface area (TPSA) is 202 Å². The Kier molecular flexibility index (Phi) is 33.3. The zero-order chi connectivity index (χ0) is 35.5. The van der Waals surface area contributed by atoms with Gasteiger partial charge >= 0.3 is 48.0 Å². The fourth-order valence-corrected chi connectivity index (χ4v) is 7.18. The predicted molar refractivity (Wildman–Crippen MR) is 182 cm³/mol. The number of nitrogens with one attached hydrogen (secondary N) is 1. The van der Waals surface area contributed by atoms with E-state index in [2.05, 4.69) is 59.4 Å². The molecule has 0 aliphatic carbocycles. The van der Waals surface area contributed by atoms with Crippen LogP contribution >= 0.6 is 49.9 Å². The summed E-state index contributed by atoms with van der Waals surface area (Å²) in [7, 11) is 0. The normalized spacial score (nSPS) is 13.2. The summed E-state index contributed by atoms with van der Waals surface area (Å²) in [6.07, 6.45) is 8.19. The van der Waals surface area contributed by atoms with Gasteiger partial charge in [0, 0.05) is 48.7 Å². The van der Waals surface area contributed by atoms with Crippen LogP contribution in [0.4, 0.5) is 10.0 Å². The molecule has 6 heterocycles. The molecule has 0 spiro atoms. The van der Waals surface area contributed by atoms with Gasteiger partial charge in [-0.15, -0.1) is 34.0 Å². The van der Waals surface area contributed by atoms with Crippen molar-refractivity contribution in [2.75, 3.05) is 29.4 Å². The number of amides is 3. The Morgan fingerprint density at radius 3 is 1.49 bits per heavy atom. The van der Waals surface area contributed by atoms with E-state index in [0.717, 1.165) is 81.0 Å². The van der Waals surface area contributed by atoms with Crippen molar-refractivity contribution in [3.63, 3.8) is 0 Å². The summed E-state index contributed by atoms with van der Waals surface area (Å²) in [5.74, 6) is 0.756. The molecule has 3 fully saturated rings. The summed E-state index contributed by atoms with van der Waals surface area (Å²) in [6.45, 7) is 7.00. The van der Waals surface area contributed by atoms with Gasteiger partial charge in [-0.3, -0.25) is 14.4 Å². The Hall–Kier alpha value is -2.91. The minimum Gasteiger partial charge on any atom is -0.870 e. The van der Waals surface area contributed by atoms with E-state index in [0.29, 0.717) is 0 Å². The van der Waals surface area contributed by atoms with E-state index in [1.807, 2.05) is 27.3 Å². The number of carbonyl (C=O) groups is 3. The molecule has 3 aliphatic rings. The number of halogens is 1. The molecule has 3 aromatic rings. The number of hydrogen-bond acceptors (Lipinski definition) is 13. The largest absolute Gasteiger partial charge is 1.00 e. The molecule has 0 bridgehead atoms. The van der Waals surface area contributed by atoms with Gasteiger partial charge in [0.2, 0.25) is 17.7 Å². The number of carbonyl (C=O) groups excluding carboxylic acids is 9. The standard InChI is InChI=1S/C10H13NOS.C8H9NOS.C6H7BrS.C4H7NO.3CO2.Na.H2O/c1-2-8-5-6-10(13-8)11-7-3-4-9(11)12;10-7-3-1-5-9(7)8-4-2-6-11-8;1-2-5-3-4-6(7)8-5;6-4-2-1-3-5-4;3*2-1-3;;/h5-6H,2-4,7H2,1H3;2,4,6H,1,3,5H2;3-4H,2H2,1H3;1-3H2,(H,5,6);;;;;1H2/q;;;;;;;+1;/p-1. The minimum atomic E-state index is 0. The van der Waals surface area contributed by atoms with Crippen LogP contribution in [-0.2, 0) is 56.0 Å². The molecule has 0 aromatic carbocycles. The number of aryl methyl sites for hydroxylation is 2. The Bertz CT molecular complexity index is 1410. The van der Waals surface area contributed by atoms with Crippen LogP contribution in [0.25, 0.3) is 0 Å². The van der Waals surface area contributed by atoms with Gasteiger partial charge in [-0.2, -0.15) is 28.8 Å². The van der Waals surface area contributed by atoms with Crippen LogP contribution in [0.5, 0.6) is 0 Å². The maximum atomic E-state index is 11.4. The van der Waals surface area contributed by atoms with Gasteiger partial charge < -0.3 is 20.6 Å². The number of thiophene rings is 3. The molecule has 0 saturated carbocycles. The van der Waals surface area contributed by atoms with E-state index < -0.39 is 0 Å². The molecule has 3 aromatic heterocycles. The number of rotatable bonds is 4. The monoisotopic (exact) mass is 809 g/mol. The van der Waals surface area contributed by atoms with Gasteiger partial charge in [-0.1, -0.05) is 13.8 Å². The molecular formula is C31H37BrN3NaO10S3. The van der Waals surface area contributed by atoms with E-state index >= 15 is 0 Å². The van der Waals surface area contributed by atoms with Crippen LogP contribution < -0.4 is 44.7 Å². The molecule has 3 saturated heterocycles. The minimum absolute atomic E-state index is 0. The Morgan fingerprint density at radius 2 is 1.20 bits per heavy atom. The Balaban J connectivity index is -0.000000538. The maximum absolute atomic E-state index is 11.4. The smallest absolute Gasteiger partial charge is 0.870 e. The molecule has 2 N–H and O–H groups in total. The first-order chi connectivity index (χ1) is 22.6. The van der Waals surface area contributed by atoms with Crippen molar-refractivity contribution in [1.82, 2.24) is 5.32 Å². The van der Waals surface area contributed by atoms with Crippen molar-refractivity contribution in [3.05, 3.63) is 55.3 Å². The van der Waals surface area contributed by atoms with Crippen molar-refractivity contribution in [3.8, 4) is 0 Å². The molecule has 0 radical (unpaired) electrons. The Labute approximate surface area is 327 Å². The van der Waals surface area contributed by atoms with Gasteiger partial charge in [0.1, 0.15) is 0 Å². The quantitative estimate of drug-likeness (QED) is 0.382. The molecule has 3 aliphatic heterocycles. The third kappa shape index (κ3) is 22.4. The van der Waals surface area contributed by atoms with Crippen molar-refractivity contribution in [2.45, 2.75) is 65.2 Å². The molecule has 49 heavy (non-hydrogen) atoms. The first kappa shape index (κ1) is 50.5. The zero-order valence-electron chi connectivity index (χ0n) is 27.4. The SMILES string of the molecule is CCc1ccc(Br)s1.CCc1ccc(N2CCCC2=O)s1.O=C1CCCN1.O=C1CCCN1c1cccs1.O=C=O.O=C=O.O=C=O.[Na+].[OH-]. The van der Waals surface area contributed by atoms with Crippen molar-refractivity contribution in [2.24, 2.45) is 0 Å². The van der Waals surface area contributed by atoms with Gasteiger partial charge in [-0.25, -0.2) is 0 Å². The predicted octanol–water partition coefficient (Wildman–Crippen LogP) is 2.36. The molecule has 6 rings (SSSR count). The molecule has 262 valence electrons. The second kappa shape index (κ2) is 32.3. The van der Waals surface area contributed by atoms with E-state index in [1.54, 1.807) is 34.0 Å². The average molecular weight is 811 g/mol. The van der Waals surface area contributed by atoms with E-state index in [-0.39, 0.29) is 71.2 Å². The van der Waals surface area contributed by atoms with E-state index in [9.17, 15) is 14.4 Å². The molecule has 3 amide bonds. The third-order valence-electron chi connectivity index (χ3n) is 6.06. The summed E-state index contributed by atoms with van der Waals surface area (Å²) in [5.41, 5.74) is 0. The summed E-state index contributed by atoms with van der Waals surface area (Å²) < 4.78 is 1.23. The van der Waals surface area contributed by atoms with Crippen LogP contribution in [-0.4, -0.2) is 61.3 Å². The first-order valence-electron chi connectivity index (χ1n) is 14.4. The van der Waals surface area contributed by atoms with Gasteiger partial charge in [0.05, 0.1) is 13.8 Å². The number of anilines is 2. The van der Waals surface area contributed by atoms with Crippen LogP contribution in [0.15, 0.2) is 45.6 Å². The second-order valence-corrected chi connectivity index (χ2v) is 13.7. The summed E-state index contributed by atoms with van der Waals surface area (Å²) in [6, 6.07) is 12.4. The molecular weight excluding hydrogens is 773 g/mol. The number of hydrogen-bond donors (Lipinski definition) is 1. The van der Waals surface area contributed by atoms with Crippen molar-refractivity contribution < 1.29 is 78.2 Å². The molecule has 0 unspecified atom stereocenters. The summed E-state index contributed by atoms with van der Waals surface area (Å²) >= 11 is 8.56. The van der Waals surface area contributed by atoms with Crippen LogP contribution in [0, 0.1) is 0 Å². The second-order valence-electron chi connectivity index (χ2n) is 9.11. The van der Waals surface area contributed by atoms with Crippen LogP contribution in [0.2, 0.25) is 0 Å². The fourth-order valence-electron chi connectivity index (χ4n) is 3.99. The first-order valence-corrected chi connectivity index (χ1v) is 17.7.